The predicted molar refractivity (Wildman–Crippen MR) is 91.2 cm³/mol. The molecule has 5 heteroatoms. The molecular formula is C17H26N4O. The molecule has 1 amide bonds. The highest BCUT2D eigenvalue weighted by molar-refractivity contribution is 5.94. The van der Waals surface area contributed by atoms with E-state index in [-0.39, 0.29) is 11.8 Å². The van der Waals surface area contributed by atoms with Gasteiger partial charge in [-0.15, -0.1) is 0 Å². The molecule has 1 aliphatic heterocycles. The number of anilines is 1. The van der Waals surface area contributed by atoms with Gasteiger partial charge in [-0.3, -0.25) is 9.79 Å². The molecule has 0 aromatic heterocycles. The molecule has 2 rings (SSSR count). The van der Waals surface area contributed by atoms with Crippen molar-refractivity contribution in [2.45, 2.75) is 32.6 Å². The molecule has 0 saturated heterocycles. The molecule has 0 spiro atoms. The first kappa shape index (κ1) is 16.3. The molecular weight excluding hydrogens is 276 g/mol. The van der Waals surface area contributed by atoms with Crippen LogP contribution in [0.4, 0.5) is 5.69 Å². The van der Waals surface area contributed by atoms with E-state index in [2.05, 4.69) is 40.9 Å². The molecule has 1 aromatic carbocycles. The van der Waals surface area contributed by atoms with Gasteiger partial charge in [0.05, 0.1) is 0 Å². The van der Waals surface area contributed by atoms with Gasteiger partial charge in [0.2, 0.25) is 5.91 Å². The molecule has 3 N–H and O–H groups in total. The zero-order valence-corrected chi connectivity index (χ0v) is 13.6. The maximum atomic E-state index is 11.8. The van der Waals surface area contributed by atoms with E-state index in [4.69, 9.17) is 0 Å². The minimum absolute atomic E-state index is 0.0771. The Bertz CT molecular complexity index is 539. The quantitative estimate of drug-likeness (QED) is 0.578. The van der Waals surface area contributed by atoms with Crippen LogP contribution < -0.4 is 16.0 Å². The molecule has 0 aliphatic carbocycles. The first-order valence-corrected chi connectivity index (χ1v) is 7.93. The van der Waals surface area contributed by atoms with Crippen molar-refractivity contribution < 1.29 is 4.79 Å². The maximum absolute atomic E-state index is 11.8. The predicted octanol–water partition coefficient (Wildman–Crippen LogP) is 2.32. The van der Waals surface area contributed by atoms with Crippen molar-refractivity contribution >= 4 is 17.6 Å². The summed E-state index contributed by atoms with van der Waals surface area (Å²) in [5.41, 5.74) is 2.11. The van der Waals surface area contributed by atoms with Gasteiger partial charge in [0, 0.05) is 38.2 Å². The average molecular weight is 302 g/mol. The topological polar surface area (TPSA) is 65.5 Å². The zero-order chi connectivity index (χ0) is 15.9. The molecule has 0 bridgehead atoms. The monoisotopic (exact) mass is 302 g/mol. The van der Waals surface area contributed by atoms with Gasteiger partial charge in [-0.2, -0.15) is 0 Å². The number of nitrogens with one attached hydrogen (secondary N) is 3. The molecule has 1 atom stereocenters. The number of carbonyl (C=O) groups excluding carboxylic acids is 1. The van der Waals surface area contributed by atoms with Crippen LogP contribution in [0.15, 0.2) is 29.3 Å². The van der Waals surface area contributed by atoms with Crippen LogP contribution in [0.25, 0.3) is 0 Å². The van der Waals surface area contributed by atoms with E-state index in [0.717, 1.165) is 24.6 Å². The lowest BCUT2D eigenvalue weighted by Gasteiger charge is -2.26. The van der Waals surface area contributed by atoms with Crippen LogP contribution >= 0.6 is 0 Å². The van der Waals surface area contributed by atoms with Gasteiger partial charge in [0.1, 0.15) is 0 Å². The van der Waals surface area contributed by atoms with Crippen LogP contribution in [0.5, 0.6) is 0 Å². The number of hydrogen-bond donors (Lipinski definition) is 3. The molecule has 1 aliphatic rings. The van der Waals surface area contributed by atoms with Crippen LogP contribution in [0.3, 0.4) is 0 Å². The third kappa shape index (κ3) is 4.48. The molecule has 22 heavy (non-hydrogen) atoms. The summed E-state index contributed by atoms with van der Waals surface area (Å²) < 4.78 is 0. The summed E-state index contributed by atoms with van der Waals surface area (Å²) in [6.07, 6.45) is 1.61. The van der Waals surface area contributed by atoms with E-state index >= 15 is 0 Å². The summed E-state index contributed by atoms with van der Waals surface area (Å²) >= 11 is 0. The Morgan fingerprint density at radius 2 is 2.14 bits per heavy atom. The normalized spacial score (nSPS) is 17.9. The molecule has 1 heterocycles. The van der Waals surface area contributed by atoms with Crippen LogP contribution in [0.1, 0.15) is 38.2 Å². The largest absolute Gasteiger partial charge is 0.356 e. The summed E-state index contributed by atoms with van der Waals surface area (Å²) in [7, 11) is 1.77. The average Bonchev–Trinajstić information content (AvgIpc) is 2.49. The number of guanidine groups is 1. The summed E-state index contributed by atoms with van der Waals surface area (Å²) in [4.78, 5) is 16.1. The molecule has 120 valence electrons. The van der Waals surface area contributed by atoms with Crippen LogP contribution in [-0.4, -0.2) is 32.0 Å². The SMILES string of the molecule is CN=C(NCCC(C)C)NCC1CC(=O)Nc2ccccc21. The maximum Gasteiger partial charge on any atom is 0.225 e. The van der Waals surface area contributed by atoms with Crippen molar-refractivity contribution in [3.05, 3.63) is 29.8 Å². The summed E-state index contributed by atoms with van der Waals surface area (Å²) in [6.45, 7) is 6.01. The minimum Gasteiger partial charge on any atom is -0.356 e. The van der Waals surface area contributed by atoms with Crippen molar-refractivity contribution in [2.75, 3.05) is 25.5 Å². The number of nitrogens with zero attached hydrogens (tertiary/aromatic N) is 1. The fourth-order valence-electron chi connectivity index (χ4n) is 2.60. The second kappa shape index (κ2) is 7.82. The van der Waals surface area contributed by atoms with Crippen molar-refractivity contribution in [1.29, 1.82) is 0 Å². The van der Waals surface area contributed by atoms with E-state index in [1.807, 2.05) is 18.2 Å². The van der Waals surface area contributed by atoms with Gasteiger partial charge in [-0.05, 0) is 24.0 Å². The molecule has 0 radical (unpaired) electrons. The van der Waals surface area contributed by atoms with Crippen molar-refractivity contribution in [1.82, 2.24) is 10.6 Å². The molecule has 1 unspecified atom stereocenters. The summed E-state index contributed by atoms with van der Waals surface area (Å²) in [5.74, 6) is 1.71. The molecule has 5 nitrogen and oxygen atoms in total. The first-order valence-electron chi connectivity index (χ1n) is 7.93. The number of amides is 1. The Balaban J connectivity index is 1.92. The van der Waals surface area contributed by atoms with E-state index < -0.39 is 0 Å². The van der Waals surface area contributed by atoms with Crippen molar-refractivity contribution in [2.24, 2.45) is 10.9 Å². The fourth-order valence-corrected chi connectivity index (χ4v) is 2.60. The highest BCUT2D eigenvalue weighted by atomic mass is 16.1. The summed E-state index contributed by atoms with van der Waals surface area (Å²) in [5, 5.41) is 9.57. The fraction of sp³-hybridized carbons (Fsp3) is 0.529. The lowest BCUT2D eigenvalue weighted by atomic mass is 9.90. The van der Waals surface area contributed by atoms with Crippen LogP contribution in [0.2, 0.25) is 0 Å². The number of rotatable bonds is 5. The van der Waals surface area contributed by atoms with Gasteiger partial charge >= 0.3 is 0 Å². The third-order valence-corrected chi connectivity index (χ3v) is 3.86. The second-order valence-corrected chi connectivity index (χ2v) is 6.10. The number of para-hydroxylation sites is 1. The minimum atomic E-state index is 0.0771. The number of hydrogen-bond acceptors (Lipinski definition) is 2. The Labute approximate surface area is 132 Å². The molecule has 0 fully saturated rings. The van der Waals surface area contributed by atoms with Crippen molar-refractivity contribution in [3.63, 3.8) is 0 Å². The standard InChI is InChI=1S/C17H26N4O/c1-12(2)8-9-19-17(18-3)20-11-13-10-16(22)21-15-7-5-4-6-14(13)15/h4-7,12-13H,8-11H2,1-3H3,(H,21,22)(H2,18,19,20). The first-order chi connectivity index (χ1) is 10.6. The Morgan fingerprint density at radius 3 is 2.86 bits per heavy atom. The van der Waals surface area contributed by atoms with Crippen LogP contribution in [0, 0.1) is 5.92 Å². The highest BCUT2D eigenvalue weighted by Crippen LogP contribution is 2.31. The van der Waals surface area contributed by atoms with E-state index in [1.165, 1.54) is 5.56 Å². The number of aliphatic imine (C=N–C) groups is 1. The molecule has 1 aromatic rings. The highest BCUT2D eigenvalue weighted by Gasteiger charge is 2.24. The Hall–Kier alpha value is -2.04. The Kier molecular flexibility index (Phi) is 5.81. The second-order valence-electron chi connectivity index (χ2n) is 6.10. The van der Waals surface area contributed by atoms with Gasteiger partial charge in [0.15, 0.2) is 5.96 Å². The number of fused-ring (bicyclic) bond motifs is 1. The van der Waals surface area contributed by atoms with Gasteiger partial charge in [-0.1, -0.05) is 32.0 Å². The van der Waals surface area contributed by atoms with Crippen LogP contribution in [-0.2, 0) is 4.79 Å². The zero-order valence-electron chi connectivity index (χ0n) is 13.6. The van der Waals surface area contributed by atoms with E-state index in [9.17, 15) is 4.79 Å². The van der Waals surface area contributed by atoms with E-state index in [0.29, 0.717) is 18.9 Å². The Morgan fingerprint density at radius 1 is 1.36 bits per heavy atom. The third-order valence-electron chi connectivity index (χ3n) is 3.86. The van der Waals surface area contributed by atoms with Crippen molar-refractivity contribution in [3.8, 4) is 0 Å². The molecule has 0 saturated carbocycles. The van der Waals surface area contributed by atoms with E-state index in [1.54, 1.807) is 7.05 Å². The lowest BCUT2D eigenvalue weighted by molar-refractivity contribution is -0.116. The number of benzene rings is 1. The lowest BCUT2D eigenvalue weighted by Crippen LogP contribution is -2.41. The number of carbonyl (C=O) groups is 1. The van der Waals surface area contributed by atoms with Gasteiger partial charge < -0.3 is 16.0 Å². The summed E-state index contributed by atoms with van der Waals surface area (Å²) in [6, 6.07) is 7.99. The van der Waals surface area contributed by atoms with Gasteiger partial charge in [0.25, 0.3) is 0 Å². The smallest absolute Gasteiger partial charge is 0.225 e. The van der Waals surface area contributed by atoms with Gasteiger partial charge in [-0.25, -0.2) is 0 Å².